The smallest absolute Gasteiger partial charge is 0.271 e. The summed E-state index contributed by atoms with van der Waals surface area (Å²) in [6, 6.07) is 17.8. The number of anilines is 1. The first kappa shape index (κ1) is 25.8. The molecule has 0 fully saturated rings. The number of benzene rings is 3. The molecular formula is C25H18N6O6S2. The third kappa shape index (κ3) is 5.42. The molecule has 5 rings (SSSR count). The van der Waals surface area contributed by atoms with E-state index in [2.05, 4.69) is 15.3 Å². The summed E-state index contributed by atoms with van der Waals surface area (Å²) in [5.74, 6) is 0.203. The van der Waals surface area contributed by atoms with Gasteiger partial charge in [-0.1, -0.05) is 36.0 Å². The normalized spacial score (nSPS) is 10.9. The number of carbonyl (C=O) groups is 1. The number of thiazole rings is 1. The van der Waals surface area contributed by atoms with E-state index in [1.807, 2.05) is 18.2 Å². The minimum absolute atomic E-state index is 0.0215. The van der Waals surface area contributed by atoms with Crippen LogP contribution < -0.4 is 10.1 Å². The number of ether oxygens (including phenoxy) is 1. The van der Waals surface area contributed by atoms with Gasteiger partial charge in [0.25, 0.3) is 11.4 Å². The number of imidazole rings is 1. The van der Waals surface area contributed by atoms with Crippen LogP contribution in [0.25, 0.3) is 28.0 Å². The van der Waals surface area contributed by atoms with Gasteiger partial charge < -0.3 is 10.1 Å². The molecule has 0 aliphatic rings. The molecule has 2 heterocycles. The summed E-state index contributed by atoms with van der Waals surface area (Å²) in [5, 5.41) is 27.6. The standard InChI is InChI=1S/C25H18N6O6S2/c1-37-22-8-3-2-7-21(22)29-20-10-9-17(31(35)36)12-18(20)27-25(29)39-14-23(32)28-24-26-19(13-38-24)15-5-4-6-16(11-15)30(33)34/h2-13H,14H2,1H3,(H,26,28,32). The van der Waals surface area contributed by atoms with Crippen molar-refractivity contribution in [2.24, 2.45) is 0 Å². The Morgan fingerprint density at radius 1 is 1.03 bits per heavy atom. The molecule has 0 radical (unpaired) electrons. The zero-order valence-corrected chi connectivity index (χ0v) is 21.8. The van der Waals surface area contributed by atoms with Crippen LogP contribution in [0, 0.1) is 20.2 Å². The molecule has 3 aromatic carbocycles. The van der Waals surface area contributed by atoms with Crippen LogP contribution in [-0.2, 0) is 4.79 Å². The summed E-state index contributed by atoms with van der Waals surface area (Å²) in [7, 11) is 1.54. The van der Waals surface area contributed by atoms with Crippen molar-refractivity contribution < 1.29 is 19.4 Å². The number of amides is 1. The Morgan fingerprint density at radius 3 is 2.56 bits per heavy atom. The number of methoxy groups -OCH3 is 1. The minimum Gasteiger partial charge on any atom is -0.495 e. The lowest BCUT2D eigenvalue weighted by Gasteiger charge is -2.12. The van der Waals surface area contributed by atoms with Crippen LogP contribution in [-0.4, -0.2) is 43.2 Å². The SMILES string of the molecule is COc1ccccc1-n1c(SCC(=O)Nc2nc(-c3cccc([N+](=O)[O-])c3)cs2)nc2cc([N+](=O)[O-])ccc21. The predicted molar refractivity (Wildman–Crippen MR) is 148 cm³/mol. The molecule has 0 unspecified atom stereocenters. The van der Waals surface area contributed by atoms with Crippen molar-refractivity contribution in [3.05, 3.63) is 92.3 Å². The zero-order valence-electron chi connectivity index (χ0n) is 20.1. The Hall–Kier alpha value is -4.82. The quantitative estimate of drug-likeness (QED) is 0.135. The topological polar surface area (TPSA) is 155 Å². The monoisotopic (exact) mass is 562 g/mol. The molecule has 0 aliphatic carbocycles. The van der Waals surface area contributed by atoms with Crippen molar-refractivity contribution in [3.63, 3.8) is 0 Å². The Bertz CT molecular complexity index is 1730. The van der Waals surface area contributed by atoms with Gasteiger partial charge in [-0.15, -0.1) is 11.3 Å². The number of nitrogens with zero attached hydrogens (tertiary/aromatic N) is 5. The molecule has 12 nitrogen and oxygen atoms in total. The second-order valence-corrected chi connectivity index (χ2v) is 9.81. The van der Waals surface area contributed by atoms with E-state index in [0.29, 0.717) is 44.0 Å². The Labute approximate surface area is 228 Å². The van der Waals surface area contributed by atoms with Crippen molar-refractivity contribution in [1.82, 2.24) is 14.5 Å². The molecule has 14 heteroatoms. The van der Waals surface area contributed by atoms with E-state index in [1.54, 1.807) is 41.3 Å². The molecular weight excluding hydrogens is 544 g/mol. The van der Waals surface area contributed by atoms with Gasteiger partial charge in [-0.05, 0) is 18.2 Å². The van der Waals surface area contributed by atoms with Crippen molar-refractivity contribution in [3.8, 4) is 22.7 Å². The van der Waals surface area contributed by atoms with Crippen molar-refractivity contribution in [2.45, 2.75) is 5.16 Å². The first-order valence-corrected chi connectivity index (χ1v) is 13.1. The maximum atomic E-state index is 12.8. The lowest BCUT2D eigenvalue weighted by atomic mass is 10.1. The van der Waals surface area contributed by atoms with E-state index in [-0.39, 0.29) is 23.0 Å². The predicted octanol–water partition coefficient (Wildman–Crippen LogP) is 5.70. The van der Waals surface area contributed by atoms with Gasteiger partial charge in [0.05, 0.1) is 45.1 Å². The average Bonchev–Trinajstić information content (AvgIpc) is 3.55. The van der Waals surface area contributed by atoms with Gasteiger partial charge in [0, 0.05) is 35.2 Å². The second kappa shape index (κ2) is 10.9. The van der Waals surface area contributed by atoms with E-state index < -0.39 is 9.85 Å². The fourth-order valence-corrected chi connectivity index (χ4v) is 5.39. The number of nitro groups is 2. The summed E-state index contributed by atoms with van der Waals surface area (Å²) >= 11 is 2.35. The maximum Gasteiger partial charge on any atom is 0.271 e. The first-order valence-electron chi connectivity index (χ1n) is 11.3. The summed E-state index contributed by atoms with van der Waals surface area (Å²) in [4.78, 5) is 43.1. The van der Waals surface area contributed by atoms with Gasteiger partial charge in [0.15, 0.2) is 10.3 Å². The van der Waals surface area contributed by atoms with E-state index >= 15 is 0 Å². The molecule has 0 saturated carbocycles. The molecule has 5 aromatic rings. The van der Waals surface area contributed by atoms with Crippen molar-refractivity contribution in [1.29, 1.82) is 0 Å². The Morgan fingerprint density at radius 2 is 1.79 bits per heavy atom. The highest BCUT2D eigenvalue weighted by molar-refractivity contribution is 7.99. The van der Waals surface area contributed by atoms with Gasteiger partial charge in [0.1, 0.15) is 5.75 Å². The molecule has 1 amide bonds. The lowest BCUT2D eigenvalue weighted by Crippen LogP contribution is -2.14. The van der Waals surface area contributed by atoms with Crippen LogP contribution in [0.5, 0.6) is 5.75 Å². The van der Waals surface area contributed by atoms with Crippen molar-refractivity contribution in [2.75, 3.05) is 18.2 Å². The summed E-state index contributed by atoms with van der Waals surface area (Å²) < 4.78 is 7.30. The van der Waals surface area contributed by atoms with Gasteiger partial charge in [-0.2, -0.15) is 0 Å². The van der Waals surface area contributed by atoms with Crippen LogP contribution >= 0.6 is 23.1 Å². The van der Waals surface area contributed by atoms with Gasteiger partial charge in [0.2, 0.25) is 5.91 Å². The number of rotatable bonds is 9. The lowest BCUT2D eigenvalue weighted by molar-refractivity contribution is -0.384. The third-order valence-corrected chi connectivity index (χ3v) is 7.28. The third-order valence-electron chi connectivity index (χ3n) is 5.58. The van der Waals surface area contributed by atoms with E-state index in [1.165, 1.54) is 35.6 Å². The van der Waals surface area contributed by atoms with E-state index in [9.17, 15) is 25.0 Å². The largest absolute Gasteiger partial charge is 0.495 e. The number of nitrogens with one attached hydrogen (secondary N) is 1. The molecule has 0 bridgehead atoms. The highest BCUT2D eigenvalue weighted by atomic mass is 32.2. The number of aromatic nitrogens is 3. The minimum atomic E-state index is -0.488. The van der Waals surface area contributed by atoms with E-state index in [0.717, 1.165) is 11.8 Å². The second-order valence-electron chi connectivity index (χ2n) is 8.01. The Balaban J connectivity index is 1.38. The number of para-hydroxylation sites is 2. The molecule has 0 atom stereocenters. The van der Waals surface area contributed by atoms with Crippen LogP contribution in [0.3, 0.4) is 0 Å². The number of thioether (sulfide) groups is 1. The van der Waals surface area contributed by atoms with Gasteiger partial charge in [-0.25, -0.2) is 9.97 Å². The van der Waals surface area contributed by atoms with E-state index in [4.69, 9.17) is 4.74 Å². The first-order chi connectivity index (χ1) is 18.8. The van der Waals surface area contributed by atoms with Gasteiger partial charge >= 0.3 is 0 Å². The van der Waals surface area contributed by atoms with Crippen LogP contribution in [0.2, 0.25) is 0 Å². The Kier molecular flexibility index (Phi) is 7.21. The number of nitro benzene ring substituents is 2. The number of non-ortho nitro benzene ring substituents is 2. The van der Waals surface area contributed by atoms with Crippen LogP contribution in [0.1, 0.15) is 0 Å². The molecule has 196 valence electrons. The maximum absolute atomic E-state index is 12.8. The summed E-state index contributed by atoms with van der Waals surface area (Å²) in [6.45, 7) is 0. The van der Waals surface area contributed by atoms with Crippen molar-refractivity contribution >= 4 is 56.5 Å². The number of carbonyl (C=O) groups excluding carboxylic acids is 1. The summed E-state index contributed by atoms with van der Waals surface area (Å²) in [6.07, 6.45) is 0. The number of hydrogen-bond acceptors (Lipinski definition) is 10. The molecule has 0 saturated heterocycles. The highest BCUT2D eigenvalue weighted by Crippen LogP contribution is 2.34. The van der Waals surface area contributed by atoms with Gasteiger partial charge in [-0.3, -0.25) is 29.6 Å². The summed E-state index contributed by atoms with van der Waals surface area (Å²) in [5.41, 5.74) is 2.62. The molecule has 1 N–H and O–H groups in total. The van der Waals surface area contributed by atoms with Crippen LogP contribution in [0.4, 0.5) is 16.5 Å². The fourth-order valence-electron chi connectivity index (χ4n) is 3.83. The molecule has 2 aromatic heterocycles. The molecule has 0 aliphatic heterocycles. The highest BCUT2D eigenvalue weighted by Gasteiger charge is 2.20. The molecule has 39 heavy (non-hydrogen) atoms. The number of fused-ring (bicyclic) bond motifs is 1. The zero-order chi connectivity index (χ0) is 27.5. The van der Waals surface area contributed by atoms with Crippen LogP contribution in [0.15, 0.2) is 77.3 Å². The number of hydrogen-bond donors (Lipinski definition) is 1. The average molecular weight is 563 g/mol. The molecule has 0 spiro atoms. The fraction of sp³-hybridized carbons (Fsp3) is 0.0800.